The first-order valence-corrected chi connectivity index (χ1v) is 7.01. The molecule has 2 heteroatoms. The van der Waals surface area contributed by atoms with Gasteiger partial charge in [-0.3, -0.25) is 0 Å². The zero-order valence-electron chi connectivity index (χ0n) is 11.6. The molecule has 0 spiro atoms. The van der Waals surface area contributed by atoms with Gasteiger partial charge in [0.25, 0.3) is 0 Å². The van der Waals surface area contributed by atoms with Crippen LogP contribution in [0, 0.1) is 0 Å². The Hall–Kier alpha value is -0.860. The molecule has 1 rings (SSSR count). The van der Waals surface area contributed by atoms with Crippen LogP contribution in [-0.4, -0.2) is 32.7 Å². The van der Waals surface area contributed by atoms with Crippen LogP contribution in [0.2, 0.25) is 0 Å². The molecule has 1 atom stereocenters. The maximum absolute atomic E-state index is 2.29. The first-order chi connectivity index (χ1) is 8.30. The van der Waals surface area contributed by atoms with E-state index < -0.39 is 0 Å². The lowest BCUT2D eigenvalue weighted by atomic mass is 10.2. The molecule has 0 radical (unpaired) electrons. The Balaban J connectivity index is 2.38. The molecule has 17 heavy (non-hydrogen) atoms. The zero-order valence-corrected chi connectivity index (χ0v) is 11.6. The number of benzene rings is 1. The summed E-state index contributed by atoms with van der Waals surface area (Å²) in [4.78, 5) is 3.40. The highest BCUT2D eigenvalue weighted by Crippen LogP contribution is 1.94. The quantitative estimate of drug-likeness (QED) is 0.629. The Morgan fingerprint density at radius 2 is 1.29 bits per heavy atom. The predicted octanol–water partition coefficient (Wildman–Crippen LogP) is 0.0161. The van der Waals surface area contributed by atoms with Gasteiger partial charge in [-0.15, -0.1) is 0 Å². The first-order valence-electron chi connectivity index (χ1n) is 7.01. The highest BCUT2D eigenvalue weighted by atomic mass is 15.2. The van der Waals surface area contributed by atoms with Gasteiger partial charge in [0.15, 0.2) is 0 Å². The molecule has 96 valence electrons. The lowest BCUT2D eigenvalue weighted by molar-refractivity contribution is -0.962. The van der Waals surface area contributed by atoms with E-state index in [0.29, 0.717) is 0 Å². The molecule has 0 fully saturated rings. The van der Waals surface area contributed by atoms with Crippen LogP contribution in [0.3, 0.4) is 0 Å². The van der Waals surface area contributed by atoms with E-state index in [1.165, 1.54) is 38.3 Å². The van der Waals surface area contributed by atoms with Crippen molar-refractivity contribution >= 4 is 0 Å². The number of hydrogen-bond donors (Lipinski definition) is 2. The second kappa shape index (κ2) is 8.26. The largest absolute Gasteiger partial charge is 0.331 e. The van der Waals surface area contributed by atoms with E-state index in [9.17, 15) is 0 Å². The minimum absolute atomic E-state index is 1.16. The van der Waals surface area contributed by atoms with Crippen LogP contribution < -0.4 is 9.80 Å². The normalized spacial score (nSPS) is 12.9. The van der Waals surface area contributed by atoms with Crippen molar-refractivity contribution in [3.05, 3.63) is 35.9 Å². The van der Waals surface area contributed by atoms with E-state index in [0.717, 1.165) is 6.54 Å². The highest BCUT2D eigenvalue weighted by molar-refractivity contribution is 5.13. The molecule has 0 aliphatic rings. The van der Waals surface area contributed by atoms with E-state index in [2.05, 4.69) is 51.1 Å². The van der Waals surface area contributed by atoms with Gasteiger partial charge in [0.05, 0.1) is 19.6 Å². The fraction of sp³-hybridized carbons (Fsp3) is 0.600. The average Bonchev–Trinajstić information content (AvgIpc) is 2.39. The summed E-state index contributed by atoms with van der Waals surface area (Å²) in [5, 5.41) is 0. The monoisotopic (exact) mass is 236 g/mol. The van der Waals surface area contributed by atoms with Gasteiger partial charge in [-0.25, -0.2) is 0 Å². The Labute approximate surface area is 106 Å². The lowest BCUT2D eigenvalue weighted by Gasteiger charge is -2.21. The standard InChI is InChI=1S/C15H26N2/c1-4-16(5-2)12-13-17(6-3)14-15-10-8-7-9-11-15/h7-11H,4-6,12-14H2,1-3H3/p+2. The van der Waals surface area contributed by atoms with Crippen LogP contribution in [0.4, 0.5) is 0 Å². The number of likely N-dealkylation sites (N-methyl/N-ethyl adjacent to an activating group) is 2. The van der Waals surface area contributed by atoms with Crippen LogP contribution in [0.25, 0.3) is 0 Å². The van der Waals surface area contributed by atoms with Crippen LogP contribution in [0.1, 0.15) is 26.3 Å². The van der Waals surface area contributed by atoms with Crippen LogP contribution >= 0.6 is 0 Å². The van der Waals surface area contributed by atoms with Crippen molar-refractivity contribution in [3.63, 3.8) is 0 Å². The molecule has 0 saturated carbocycles. The van der Waals surface area contributed by atoms with E-state index in [1.54, 1.807) is 9.80 Å². The van der Waals surface area contributed by atoms with Crippen molar-refractivity contribution < 1.29 is 9.80 Å². The Kier molecular flexibility index (Phi) is 6.90. The van der Waals surface area contributed by atoms with E-state index in [-0.39, 0.29) is 0 Å². The Bertz CT molecular complexity index is 280. The number of hydrogen-bond acceptors (Lipinski definition) is 0. The van der Waals surface area contributed by atoms with Crippen LogP contribution in [0.5, 0.6) is 0 Å². The minimum Gasteiger partial charge on any atom is -0.331 e. The summed E-state index contributed by atoms with van der Waals surface area (Å²) in [6.45, 7) is 14.3. The summed E-state index contributed by atoms with van der Waals surface area (Å²) in [5.41, 5.74) is 1.46. The van der Waals surface area contributed by atoms with Gasteiger partial charge in [0.1, 0.15) is 19.6 Å². The maximum atomic E-state index is 2.29. The topological polar surface area (TPSA) is 8.88 Å². The van der Waals surface area contributed by atoms with Crippen LogP contribution in [-0.2, 0) is 6.54 Å². The summed E-state index contributed by atoms with van der Waals surface area (Å²) in [7, 11) is 0. The molecule has 1 aromatic rings. The lowest BCUT2D eigenvalue weighted by Crippen LogP contribution is -3.19. The second-order valence-corrected chi connectivity index (χ2v) is 4.72. The molecule has 0 heterocycles. The molecular weight excluding hydrogens is 208 g/mol. The number of nitrogens with one attached hydrogen (secondary N) is 2. The van der Waals surface area contributed by atoms with Crippen molar-refractivity contribution in [1.82, 2.24) is 0 Å². The first kappa shape index (κ1) is 14.2. The smallest absolute Gasteiger partial charge is 0.127 e. The molecule has 0 aliphatic carbocycles. The van der Waals surface area contributed by atoms with Gasteiger partial charge in [0, 0.05) is 5.56 Å². The number of rotatable bonds is 8. The van der Waals surface area contributed by atoms with Gasteiger partial charge in [-0.2, -0.15) is 0 Å². The maximum Gasteiger partial charge on any atom is 0.127 e. The van der Waals surface area contributed by atoms with E-state index in [4.69, 9.17) is 0 Å². The SMILES string of the molecule is CC[NH+](CC)CC[NH+](CC)Cc1ccccc1. The van der Waals surface area contributed by atoms with Gasteiger partial charge >= 0.3 is 0 Å². The van der Waals surface area contributed by atoms with Crippen molar-refractivity contribution in [3.8, 4) is 0 Å². The van der Waals surface area contributed by atoms with E-state index in [1.807, 2.05) is 0 Å². The number of quaternary nitrogens is 2. The molecule has 0 amide bonds. The molecule has 0 aliphatic heterocycles. The molecule has 2 nitrogen and oxygen atoms in total. The molecule has 1 aromatic carbocycles. The highest BCUT2D eigenvalue weighted by Gasteiger charge is 2.10. The summed E-state index contributed by atoms with van der Waals surface area (Å²) in [5.74, 6) is 0. The van der Waals surface area contributed by atoms with Gasteiger partial charge < -0.3 is 9.80 Å². The van der Waals surface area contributed by atoms with Crippen molar-refractivity contribution in [2.75, 3.05) is 32.7 Å². The van der Waals surface area contributed by atoms with Gasteiger partial charge in [-0.1, -0.05) is 30.3 Å². The Morgan fingerprint density at radius 1 is 0.765 bits per heavy atom. The minimum atomic E-state index is 1.16. The fourth-order valence-corrected chi connectivity index (χ4v) is 2.23. The molecule has 0 aromatic heterocycles. The van der Waals surface area contributed by atoms with Crippen molar-refractivity contribution in [2.45, 2.75) is 27.3 Å². The molecule has 0 saturated heterocycles. The summed E-state index contributed by atoms with van der Waals surface area (Å²) in [6.07, 6.45) is 0. The summed E-state index contributed by atoms with van der Waals surface area (Å²) in [6, 6.07) is 10.8. The van der Waals surface area contributed by atoms with Gasteiger partial charge in [0.2, 0.25) is 0 Å². The fourth-order valence-electron chi connectivity index (χ4n) is 2.23. The average molecular weight is 236 g/mol. The molecule has 0 bridgehead atoms. The second-order valence-electron chi connectivity index (χ2n) is 4.72. The molecule has 1 unspecified atom stereocenters. The van der Waals surface area contributed by atoms with E-state index >= 15 is 0 Å². The van der Waals surface area contributed by atoms with Crippen molar-refractivity contribution in [2.24, 2.45) is 0 Å². The van der Waals surface area contributed by atoms with Crippen LogP contribution in [0.15, 0.2) is 30.3 Å². The van der Waals surface area contributed by atoms with Crippen molar-refractivity contribution in [1.29, 1.82) is 0 Å². The third-order valence-electron chi connectivity index (χ3n) is 3.63. The molecular formula is C15H28N2+2. The summed E-state index contributed by atoms with van der Waals surface area (Å²) < 4.78 is 0. The third kappa shape index (κ3) is 5.33. The zero-order chi connectivity index (χ0) is 12.5. The molecule has 2 N–H and O–H groups in total. The summed E-state index contributed by atoms with van der Waals surface area (Å²) >= 11 is 0. The Morgan fingerprint density at radius 3 is 1.82 bits per heavy atom. The van der Waals surface area contributed by atoms with Gasteiger partial charge in [-0.05, 0) is 20.8 Å². The third-order valence-corrected chi connectivity index (χ3v) is 3.63. The predicted molar refractivity (Wildman–Crippen MR) is 73.4 cm³/mol.